The van der Waals surface area contributed by atoms with E-state index in [1.54, 1.807) is 12.1 Å². The van der Waals surface area contributed by atoms with E-state index in [4.69, 9.17) is 15.0 Å². The van der Waals surface area contributed by atoms with Gasteiger partial charge in [0, 0.05) is 30.2 Å². The quantitative estimate of drug-likeness (QED) is 0.589. The van der Waals surface area contributed by atoms with Crippen LogP contribution in [0.1, 0.15) is 29.5 Å². The minimum atomic E-state index is -2.35. The number of hydrogen-bond donors (Lipinski definition) is 4. The molecule has 6 nitrogen and oxygen atoms in total. The number of halogens is 2. The summed E-state index contributed by atoms with van der Waals surface area (Å²) in [4.78, 5) is 8.36. The summed E-state index contributed by atoms with van der Waals surface area (Å²) in [5.74, 6) is 0. The molecule has 0 spiro atoms. The second kappa shape index (κ2) is 16.2. The molecule has 1 aromatic carbocycles. The molecule has 1 saturated heterocycles. The van der Waals surface area contributed by atoms with Gasteiger partial charge in [-0.15, -0.1) is 0 Å². The first kappa shape index (κ1) is 25.1. The van der Waals surface area contributed by atoms with Crippen LogP contribution in [0, 0.1) is 6.92 Å². The van der Waals surface area contributed by atoms with E-state index in [-0.39, 0.29) is 18.1 Å². The maximum Gasteiger partial charge on any atom is 0.290 e. The van der Waals surface area contributed by atoms with Gasteiger partial charge < -0.3 is 20.8 Å². The van der Waals surface area contributed by atoms with Gasteiger partial charge in [0.15, 0.2) is 0 Å². The van der Waals surface area contributed by atoms with Gasteiger partial charge in [0.25, 0.3) is 12.9 Å². The number of aliphatic hydroxyl groups is 1. The van der Waals surface area contributed by atoms with E-state index in [2.05, 4.69) is 15.0 Å². The van der Waals surface area contributed by atoms with Crippen molar-refractivity contribution < 1.29 is 23.8 Å². The molecular weight excluding hydrogens is 376 g/mol. The fourth-order valence-corrected chi connectivity index (χ4v) is 2.41. The monoisotopic (exact) mass is 403 g/mol. The van der Waals surface area contributed by atoms with Gasteiger partial charge in [-0.1, -0.05) is 29.8 Å². The van der Waals surface area contributed by atoms with Crippen LogP contribution in [-0.4, -0.2) is 47.3 Å². The molecule has 1 aliphatic heterocycles. The maximum absolute atomic E-state index is 11.9. The molecule has 27 heavy (non-hydrogen) atoms. The maximum atomic E-state index is 11.9. The lowest BCUT2D eigenvalue weighted by atomic mass is 10.2. The third-order valence-electron chi connectivity index (χ3n) is 3.23. The van der Waals surface area contributed by atoms with Crippen LogP contribution in [0.3, 0.4) is 0 Å². The van der Waals surface area contributed by atoms with Crippen molar-refractivity contribution in [1.29, 1.82) is 0 Å². The smallest absolute Gasteiger partial charge is 0.290 e. The number of nitrogens with one attached hydrogen (secondary N) is 2. The summed E-state index contributed by atoms with van der Waals surface area (Å²) in [5, 5.41) is 23.7. The Balaban J connectivity index is 0.000000358. The zero-order chi connectivity index (χ0) is 20.5. The number of hydrogen-bond acceptors (Lipinski definition) is 6. The van der Waals surface area contributed by atoms with Crippen molar-refractivity contribution in [2.45, 2.75) is 32.4 Å². The van der Waals surface area contributed by atoms with Crippen LogP contribution in [-0.2, 0) is 11.3 Å². The molecule has 4 N–H and O–H groups in total. The van der Waals surface area contributed by atoms with Crippen LogP contribution in [0.15, 0.2) is 35.8 Å². The molecule has 0 amide bonds. The van der Waals surface area contributed by atoms with E-state index in [0.29, 0.717) is 0 Å². The fourth-order valence-electron chi connectivity index (χ4n) is 1.87. The Labute approximate surface area is 162 Å². The van der Waals surface area contributed by atoms with Crippen LogP contribution < -0.4 is 10.6 Å². The van der Waals surface area contributed by atoms with E-state index in [9.17, 15) is 8.78 Å². The Kier molecular flexibility index (Phi) is 15.1. The number of aryl methyl sites for hydroxylation is 1. The lowest BCUT2D eigenvalue weighted by molar-refractivity contribution is -0.122. The predicted octanol–water partition coefficient (Wildman–Crippen LogP) is 2.84. The highest BCUT2D eigenvalue weighted by atomic mass is 32.1. The number of rotatable bonds is 3. The Morgan fingerprint density at radius 2 is 2.04 bits per heavy atom. The normalized spacial score (nSPS) is 14.8. The summed E-state index contributed by atoms with van der Waals surface area (Å²) < 4.78 is 27.7. The number of carboxylic acid groups (broad SMARTS) is 1. The first-order valence-corrected chi connectivity index (χ1v) is 9.12. The molecule has 2 heterocycles. The lowest BCUT2D eigenvalue weighted by Gasteiger charge is -1.97. The Bertz CT molecular complexity index is 578. The molecule has 1 atom stereocenters. The highest BCUT2D eigenvalue weighted by Crippen LogP contribution is 2.18. The summed E-state index contributed by atoms with van der Waals surface area (Å²) in [6.07, 6.45) is 0.395. The third-order valence-corrected chi connectivity index (χ3v) is 3.86. The van der Waals surface area contributed by atoms with Gasteiger partial charge in [-0.2, -0.15) is 0 Å². The van der Waals surface area contributed by atoms with Gasteiger partial charge in [-0.05, 0) is 44.0 Å². The average molecular weight is 403 g/mol. The van der Waals surface area contributed by atoms with Crippen molar-refractivity contribution in [3.8, 4) is 0 Å². The van der Waals surface area contributed by atoms with E-state index in [1.165, 1.54) is 29.2 Å². The molecule has 0 radical (unpaired) electrons. The Hall–Kier alpha value is -1.94. The highest BCUT2D eigenvalue weighted by molar-refractivity contribution is 7.03. The summed E-state index contributed by atoms with van der Waals surface area (Å²) in [7, 11) is 1.93. The SMILES string of the molecule is CNCc1cnsc1.Cc1ccc(C(F)F)cc1.O=CO.OC1CCNC1. The molecule has 1 fully saturated rings. The summed E-state index contributed by atoms with van der Waals surface area (Å²) in [5.41, 5.74) is 2.35. The van der Waals surface area contributed by atoms with Crippen molar-refractivity contribution in [3.05, 3.63) is 52.5 Å². The number of alkyl halides is 2. The van der Waals surface area contributed by atoms with Crippen LogP contribution in [0.4, 0.5) is 8.78 Å². The zero-order valence-electron chi connectivity index (χ0n) is 15.4. The van der Waals surface area contributed by atoms with Gasteiger partial charge in [-0.3, -0.25) is 4.79 Å². The summed E-state index contributed by atoms with van der Waals surface area (Å²) in [6.45, 7) is 4.33. The Morgan fingerprint density at radius 1 is 1.41 bits per heavy atom. The van der Waals surface area contributed by atoms with Gasteiger partial charge in [0.2, 0.25) is 0 Å². The minimum absolute atomic E-state index is 0.0648. The van der Waals surface area contributed by atoms with Crippen molar-refractivity contribution >= 4 is 18.0 Å². The van der Waals surface area contributed by atoms with Crippen molar-refractivity contribution in [2.75, 3.05) is 20.1 Å². The van der Waals surface area contributed by atoms with Gasteiger partial charge in [-0.25, -0.2) is 13.2 Å². The molecule has 1 unspecified atom stereocenters. The molecular formula is C18H27F2N3O3S. The van der Waals surface area contributed by atoms with E-state index in [0.717, 1.165) is 31.6 Å². The predicted molar refractivity (Wildman–Crippen MR) is 103 cm³/mol. The molecule has 152 valence electrons. The number of β-amino-alcohol motifs (C(OH)–C–C–N with tert-alkyl or cyclic N) is 1. The van der Waals surface area contributed by atoms with Gasteiger partial charge >= 0.3 is 0 Å². The molecule has 3 rings (SSSR count). The van der Waals surface area contributed by atoms with Gasteiger partial charge in [0.1, 0.15) is 0 Å². The average Bonchev–Trinajstić information content (AvgIpc) is 3.31. The standard InChI is InChI=1S/C8H8F2.C5H8N2S.C4H9NO.CH2O2/c1-6-2-4-7(5-3-6)8(9)10;1-6-2-5-3-7-8-4-5;6-4-1-2-5-3-4;2-1-3/h2-5,8H,1H3;3-4,6H,2H2,1H3;4-6H,1-3H2;1H,(H,2,3). The first-order valence-electron chi connectivity index (χ1n) is 8.28. The second-order valence-corrected chi connectivity index (χ2v) is 6.18. The molecule has 1 aliphatic rings. The highest BCUT2D eigenvalue weighted by Gasteiger charge is 2.08. The second-order valence-electron chi connectivity index (χ2n) is 5.53. The van der Waals surface area contributed by atoms with Gasteiger partial charge in [0.05, 0.1) is 6.10 Å². The third kappa shape index (κ3) is 13.9. The number of benzene rings is 1. The molecule has 1 aromatic heterocycles. The number of nitrogens with zero attached hydrogens (tertiary/aromatic N) is 1. The van der Waals surface area contributed by atoms with Crippen molar-refractivity contribution in [3.63, 3.8) is 0 Å². The Morgan fingerprint density at radius 3 is 2.37 bits per heavy atom. The minimum Gasteiger partial charge on any atom is -0.483 e. The van der Waals surface area contributed by atoms with E-state index in [1.807, 2.05) is 25.5 Å². The largest absolute Gasteiger partial charge is 0.483 e. The topological polar surface area (TPSA) is 94.5 Å². The zero-order valence-corrected chi connectivity index (χ0v) is 16.3. The van der Waals surface area contributed by atoms with Crippen LogP contribution in [0.25, 0.3) is 0 Å². The van der Waals surface area contributed by atoms with Crippen molar-refractivity contribution in [2.24, 2.45) is 0 Å². The first-order chi connectivity index (χ1) is 12.9. The lowest BCUT2D eigenvalue weighted by Crippen LogP contribution is -2.11. The van der Waals surface area contributed by atoms with Crippen LogP contribution in [0.5, 0.6) is 0 Å². The number of aromatic nitrogens is 1. The van der Waals surface area contributed by atoms with Crippen LogP contribution in [0.2, 0.25) is 0 Å². The number of aliphatic hydroxyl groups excluding tert-OH is 1. The van der Waals surface area contributed by atoms with E-state index >= 15 is 0 Å². The molecule has 9 heteroatoms. The number of carbonyl (C=O) groups is 1. The van der Waals surface area contributed by atoms with Crippen molar-refractivity contribution in [1.82, 2.24) is 15.0 Å². The molecule has 0 saturated carbocycles. The summed E-state index contributed by atoms with van der Waals surface area (Å²) >= 11 is 1.49. The molecule has 0 bridgehead atoms. The van der Waals surface area contributed by atoms with E-state index < -0.39 is 6.43 Å². The van der Waals surface area contributed by atoms with Crippen LogP contribution >= 0.6 is 11.5 Å². The summed E-state index contributed by atoms with van der Waals surface area (Å²) in [6, 6.07) is 6.25. The molecule has 2 aromatic rings. The molecule has 0 aliphatic carbocycles. The fraction of sp³-hybridized carbons (Fsp3) is 0.444.